The maximum Gasteiger partial charge on any atom is 0.295 e. The molecule has 0 unspecified atom stereocenters. The maximum atomic E-state index is 11.5. The van der Waals surface area contributed by atoms with E-state index in [2.05, 4.69) is 15.0 Å². The number of aromatic amines is 1. The van der Waals surface area contributed by atoms with Gasteiger partial charge in [-0.2, -0.15) is 10.5 Å². The van der Waals surface area contributed by atoms with Crippen LogP contribution in [0.25, 0.3) is 5.82 Å². The standard InChI is InChI=1S/C10H6N6O2/c1-18-8-9(13-4-14-10(8)17)16-5-15-6(2-11)7(16)3-12/h4-5H,1H3,(H,13,14,17). The monoisotopic (exact) mass is 242 g/mol. The molecule has 0 radical (unpaired) electrons. The second-order valence-corrected chi connectivity index (χ2v) is 3.12. The summed E-state index contributed by atoms with van der Waals surface area (Å²) in [4.78, 5) is 21.5. The molecule has 0 amide bonds. The third-order valence-corrected chi connectivity index (χ3v) is 2.20. The van der Waals surface area contributed by atoms with Crippen LogP contribution < -0.4 is 10.3 Å². The zero-order valence-corrected chi connectivity index (χ0v) is 9.21. The van der Waals surface area contributed by atoms with Crippen molar-refractivity contribution in [3.8, 4) is 23.7 Å². The average Bonchev–Trinajstić information content (AvgIpc) is 2.80. The Bertz CT molecular complexity index is 730. The van der Waals surface area contributed by atoms with Gasteiger partial charge in [-0.25, -0.2) is 9.97 Å². The van der Waals surface area contributed by atoms with Gasteiger partial charge in [-0.1, -0.05) is 0 Å². The molecule has 2 rings (SSSR count). The lowest BCUT2D eigenvalue weighted by atomic mass is 10.3. The van der Waals surface area contributed by atoms with Crippen LogP contribution in [-0.4, -0.2) is 26.6 Å². The molecule has 0 aliphatic rings. The minimum atomic E-state index is -0.487. The van der Waals surface area contributed by atoms with Crippen molar-refractivity contribution in [2.45, 2.75) is 0 Å². The number of methoxy groups -OCH3 is 1. The number of nitriles is 2. The first-order valence-electron chi connectivity index (χ1n) is 4.72. The van der Waals surface area contributed by atoms with Crippen molar-refractivity contribution < 1.29 is 4.74 Å². The molecule has 2 aromatic heterocycles. The lowest BCUT2D eigenvalue weighted by molar-refractivity contribution is 0.403. The smallest absolute Gasteiger partial charge is 0.295 e. The third-order valence-electron chi connectivity index (χ3n) is 2.20. The lowest BCUT2D eigenvalue weighted by Crippen LogP contribution is -2.14. The summed E-state index contributed by atoms with van der Waals surface area (Å²) in [6.07, 6.45) is 2.41. The van der Waals surface area contributed by atoms with Crippen LogP contribution in [0.15, 0.2) is 17.4 Å². The van der Waals surface area contributed by atoms with E-state index in [9.17, 15) is 4.79 Å². The number of hydrogen-bond acceptors (Lipinski definition) is 6. The Hall–Kier alpha value is -3.13. The number of ether oxygens (including phenoxy) is 1. The summed E-state index contributed by atoms with van der Waals surface area (Å²) < 4.78 is 6.15. The number of rotatable bonds is 2. The molecule has 1 N–H and O–H groups in total. The Balaban J connectivity index is 2.76. The SMILES string of the molecule is COc1c(-n2cnc(C#N)c2C#N)nc[nH]c1=O. The van der Waals surface area contributed by atoms with Crippen LogP contribution in [0.4, 0.5) is 0 Å². The van der Waals surface area contributed by atoms with Gasteiger partial charge in [0.05, 0.1) is 13.4 Å². The van der Waals surface area contributed by atoms with E-state index in [0.717, 1.165) is 0 Å². The van der Waals surface area contributed by atoms with Crippen molar-refractivity contribution in [1.82, 2.24) is 19.5 Å². The molecular formula is C10H6N6O2. The van der Waals surface area contributed by atoms with Crippen molar-refractivity contribution in [3.63, 3.8) is 0 Å². The number of aromatic nitrogens is 4. The van der Waals surface area contributed by atoms with E-state index in [1.165, 1.54) is 24.3 Å². The van der Waals surface area contributed by atoms with Gasteiger partial charge in [-0.15, -0.1) is 0 Å². The van der Waals surface area contributed by atoms with E-state index in [1.807, 2.05) is 6.07 Å². The van der Waals surface area contributed by atoms with E-state index in [-0.39, 0.29) is 23.0 Å². The average molecular weight is 242 g/mol. The first-order chi connectivity index (χ1) is 8.72. The summed E-state index contributed by atoms with van der Waals surface area (Å²) in [7, 11) is 1.31. The van der Waals surface area contributed by atoms with E-state index in [0.29, 0.717) is 0 Å². The number of imidazole rings is 1. The van der Waals surface area contributed by atoms with Crippen molar-refractivity contribution in [2.24, 2.45) is 0 Å². The van der Waals surface area contributed by atoms with Gasteiger partial charge in [0.2, 0.25) is 5.75 Å². The Labute approximate surface area is 101 Å². The molecule has 0 saturated carbocycles. The molecule has 0 atom stereocenters. The molecule has 8 heteroatoms. The van der Waals surface area contributed by atoms with Gasteiger partial charge in [-0.05, 0) is 0 Å². The maximum absolute atomic E-state index is 11.5. The Morgan fingerprint density at radius 3 is 2.78 bits per heavy atom. The predicted octanol–water partition coefficient (Wildman–Crippen LogP) is -0.292. The molecule has 0 bridgehead atoms. The molecule has 0 fully saturated rings. The van der Waals surface area contributed by atoms with Crippen LogP contribution in [-0.2, 0) is 0 Å². The van der Waals surface area contributed by atoms with Crippen LogP contribution in [0.1, 0.15) is 11.4 Å². The number of H-pyrrole nitrogens is 1. The third kappa shape index (κ3) is 1.58. The van der Waals surface area contributed by atoms with Gasteiger partial charge < -0.3 is 9.72 Å². The fraction of sp³-hybridized carbons (Fsp3) is 0.100. The molecule has 2 aromatic rings. The van der Waals surface area contributed by atoms with E-state index in [4.69, 9.17) is 15.3 Å². The van der Waals surface area contributed by atoms with Gasteiger partial charge in [0, 0.05) is 0 Å². The molecule has 0 aliphatic carbocycles. The van der Waals surface area contributed by atoms with Gasteiger partial charge in [0.1, 0.15) is 18.5 Å². The first-order valence-corrected chi connectivity index (χ1v) is 4.72. The van der Waals surface area contributed by atoms with Gasteiger partial charge >= 0.3 is 0 Å². The second-order valence-electron chi connectivity index (χ2n) is 3.12. The van der Waals surface area contributed by atoms with Crippen molar-refractivity contribution >= 4 is 0 Å². The van der Waals surface area contributed by atoms with E-state index >= 15 is 0 Å². The van der Waals surface area contributed by atoms with Crippen molar-refractivity contribution in [3.05, 3.63) is 34.4 Å². The Morgan fingerprint density at radius 2 is 2.17 bits per heavy atom. The van der Waals surface area contributed by atoms with Crippen LogP contribution in [0.2, 0.25) is 0 Å². The first kappa shape index (κ1) is 11.4. The summed E-state index contributed by atoms with van der Waals surface area (Å²) in [5, 5.41) is 17.8. The van der Waals surface area contributed by atoms with E-state index in [1.54, 1.807) is 6.07 Å². The molecule has 8 nitrogen and oxygen atoms in total. The van der Waals surface area contributed by atoms with E-state index < -0.39 is 5.56 Å². The molecule has 0 aromatic carbocycles. The minimum Gasteiger partial charge on any atom is -0.488 e. The largest absolute Gasteiger partial charge is 0.488 e. The highest BCUT2D eigenvalue weighted by atomic mass is 16.5. The van der Waals surface area contributed by atoms with Crippen molar-refractivity contribution in [2.75, 3.05) is 7.11 Å². The van der Waals surface area contributed by atoms with Crippen molar-refractivity contribution in [1.29, 1.82) is 10.5 Å². The molecular weight excluding hydrogens is 236 g/mol. The molecule has 2 heterocycles. The van der Waals surface area contributed by atoms with Gasteiger partial charge in [0.25, 0.3) is 5.56 Å². The Kier molecular flexibility index (Phi) is 2.77. The highest BCUT2D eigenvalue weighted by Crippen LogP contribution is 2.17. The normalized spacial score (nSPS) is 9.50. The molecule has 18 heavy (non-hydrogen) atoms. The highest BCUT2D eigenvalue weighted by molar-refractivity contribution is 5.46. The van der Waals surface area contributed by atoms with Crippen LogP contribution in [0.3, 0.4) is 0 Å². The number of nitrogens with zero attached hydrogens (tertiary/aromatic N) is 5. The van der Waals surface area contributed by atoms with Crippen LogP contribution in [0.5, 0.6) is 5.75 Å². The molecule has 0 aliphatic heterocycles. The summed E-state index contributed by atoms with van der Waals surface area (Å²) in [6, 6.07) is 3.61. The molecule has 0 saturated heterocycles. The predicted molar refractivity (Wildman–Crippen MR) is 58.0 cm³/mol. The quantitative estimate of drug-likeness (QED) is 0.772. The summed E-state index contributed by atoms with van der Waals surface area (Å²) in [6.45, 7) is 0. The summed E-state index contributed by atoms with van der Waals surface area (Å²) >= 11 is 0. The zero-order valence-electron chi connectivity index (χ0n) is 9.21. The number of nitrogens with one attached hydrogen (secondary N) is 1. The summed E-state index contributed by atoms with van der Waals surface area (Å²) in [5.41, 5.74) is -0.533. The fourth-order valence-corrected chi connectivity index (χ4v) is 1.43. The van der Waals surface area contributed by atoms with Crippen LogP contribution >= 0.6 is 0 Å². The zero-order chi connectivity index (χ0) is 13.1. The Morgan fingerprint density at radius 1 is 1.39 bits per heavy atom. The summed E-state index contributed by atoms with van der Waals surface area (Å²) in [5.74, 6) is 0.0442. The molecule has 0 spiro atoms. The lowest BCUT2D eigenvalue weighted by Gasteiger charge is -2.06. The topological polar surface area (TPSA) is 120 Å². The minimum absolute atomic E-state index is 0.00565. The second kappa shape index (κ2) is 4.39. The van der Waals surface area contributed by atoms with Gasteiger partial charge in [-0.3, -0.25) is 9.36 Å². The molecule has 88 valence electrons. The van der Waals surface area contributed by atoms with Crippen LogP contribution in [0, 0.1) is 22.7 Å². The number of hydrogen-bond donors (Lipinski definition) is 1. The fourth-order valence-electron chi connectivity index (χ4n) is 1.43. The van der Waals surface area contributed by atoms with Gasteiger partial charge in [0.15, 0.2) is 17.2 Å². The highest BCUT2D eigenvalue weighted by Gasteiger charge is 2.17.